The van der Waals surface area contributed by atoms with Crippen LogP contribution in [0.4, 0.5) is 10.5 Å². The number of benzene rings is 1. The average Bonchev–Trinajstić information content (AvgIpc) is 3.07. The van der Waals surface area contributed by atoms with Crippen LogP contribution in [0.1, 0.15) is 17.5 Å². The number of carbonyl (C=O) groups is 1. The maximum atomic E-state index is 12.4. The van der Waals surface area contributed by atoms with Crippen LogP contribution in [-0.2, 0) is 4.74 Å². The number of hydrogen-bond donors (Lipinski definition) is 2. The highest BCUT2D eigenvalue weighted by molar-refractivity contribution is 7.99. The third kappa shape index (κ3) is 4.05. The fraction of sp³-hybridized carbons (Fsp3) is 0.611. The number of nitrogens with one attached hydrogen (secondary N) is 2. The topological polar surface area (TPSA) is 53.6 Å². The Labute approximate surface area is 148 Å². The number of hydrogen-bond acceptors (Lipinski definition) is 4. The monoisotopic (exact) mass is 349 g/mol. The van der Waals surface area contributed by atoms with Crippen LogP contribution in [0, 0.1) is 13.8 Å². The molecule has 2 saturated heterocycles. The van der Waals surface area contributed by atoms with Gasteiger partial charge in [0.1, 0.15) is 0 Å². The van der Waals surface area contributed by atoms with E-state index in [0.717, 1.165) is 55.5 Å². The molecule has 2 aliphatic heterocycles. The van der Waals surface area contributed by atoms with E-state index in [9.17, 15) is 4.79 Å². The molecule has 132 valence electrons. The van der Waals surface area contributed by atoms with Gasteiger partial charge in [-0.3, -0.25) is 4.90 Å². The molecule has 0 aliphatic carbocycles. The third-order valence-corrected chi connectivity index (χ3v) is 6.21. The molecule has 5 nitrogen and oxygen atoms in total. The Morgan fingerprint density at radius 3 is 2.79 bits per heavy atom. The van der Waals surface area contributed by atoms with Gasteiger partial charge in [0, 0.05) is 36.6 Å². The van der Waals surface area contributed by atoms with Crippen molar-refractivity contribution < 1.29 is 9.53 Å². The van der Waals surface area contributed by atoms with Crippen LogP contribution >= 0.6 is 11.8 Å². The lowest BCUT2D eigenvalue weighted by Gasteiger charge is -2.43. The molecule has 3 rings (SSSR count). The number of ether oxygens (including phenoxy) is 1. The van der Waals surface area contributed by atoms with Crippen molar-refractivity contribution in [3.05, 3.63) is 29.3 Å². The number of nitrogens with zero attached hydrogens (tertiary/aromatic N) is 1. The van der Waals surface area contributed by atoms with Crippen LogP contribution in [-0.4, -0.2) is 60.8 Å². The Hall–Kier alpha value is -1.24. The minimum atomic E-state index is -0.119. The second kappa shape index (κ2) is 7.76. The van der Waals surface area contributed by atoms with E-state index in [1.807, 2.05) is 30.8 Å². The average molecular weight is 350 g/mol. The molecule has 1 aromatic rings. The second-order valence-corrected chi connectivity index (χ2v) is 7.86. The lowest BCUT2D eigenvalue weighted by Crippen LogP contribution is -2.59. The number of aryl methyl sites for hydroxylation is 2. The van der Waals surface area contributed by atoms with E-state index in [1.165, 1.54) is 5.56 Å². The molecule has 0 unspecified atom stereocenters. The van der Waals surface area contributed by atoms with Gasteiger partial charge in [-0.1, -0.05) is 17.7 Å². The van der Waals surface area contributed by atoms with Crippen molar-refractivity contribution in [2.45, 2.75) is 25.8 Å². The number of rotatable bonds is 4. The fourth-order valence-corrected chi connectivity index (χ4v) is 4.98. The summed E-state index contributed by atoms with van der Waals surface area (Å²) in [6.45, 7) is 8.27. The molecule has 2 amide bonds. The Kier molecular flexibility index (Phi) is 5.69. The van der Waals surface area contributed by atoms with E-state index in [-0.39, 0.29) is 11.6 Å². The molecule has 1 aromatic carbocycles. The summed E-state index contributed by atoms with van der Waals surface area (Å²) in [5.41, 5.74) is 3.24. The molecular formula is C18H27N3O2S. The summed E-state index contributed by atoms with van der Waals surface area (Å²) in [5, 5.41) is 6.09. The number of urea groups is 1. The van der Waals surface area contributed by atoms with Gasteiger partial charge in [0.25, 0.3) is 0 Å². The van der Waals surface area contributed by atoms with Gasteiger partial charge >= 0.3 is 6.03 Å². The molecule has 0 spiro atoms. The fourth-order valence-electron chi connectivity index (χ4n) is 3.50. The van der Waals surface area contributed by atoms with Gasteiger partial charge in [0.05, 0.1) is 13.2 Å². The normalized spacial score (nSPS) is 24.8. The number of carbonyl (C=O) groups excluding carboxylic acids is 1. The highest BCUT2D eigenvalue weighted by Gasteiger charge is 2.40. The summed E-state index contributed by atoms with van der Waals surface area (Å²) in [7, 11) is 0. The molecule has 6 heteroatoms. The maximum Gasteiger partial charge on any atom is 0.319 e. The standard InChI is InChI=1S/C18H27N3O2S/c1-14-3-4-16(15(2)11-14)20-17(22)19-12-18(5-10-24-13-18)21-6-8-23-9-7-21/h3-4,11H,5-10,12-13H2,1-2H3,(H2,19,20,22)/t18-/m1/s1. The Bertz CT molecular complexity index is 582. The summed E-state index contributed by atoms with van der Waals surface area (Å²) in [5.74, 6) is 2.24. The molecular weight excluding hydrogens is 322 g/mol. The zero-order valence-corrected chi connectivity index (χ0v) is 15.4. The molecule has 24 heavy (non-hydrogen) atoms. The third-order valence-electron chi connectivity index (χ3n) is 4.97. The van der Waals surface area contributed by atoms with Gasteiger partial charge in [0.2, 0.25) is 0 Å². The maximum absolute atomic E-state index is 12.4. The van der Waals surface area contributed by atoms with E-state index < -0.39 is 0 Å². The molecule has 0 bridgehead atoms. The quantitative estimate of drug-likeness (QED) is 0.877. The molecule has 2 fully saturated rings. The molecule has 0 saturated carbocycles. The largest absolute Gasteiger partial charge is 0.379 e. The number of morpholine rings is 1. The van der Waals surface area contributed by atoms with Crippen molar-refractivity contribution in [2.24, 2.45) is 0 Å². The van der Waals surface area contributed by atoms with E-state index in [1.54, 1.807) is 0 Å². The molecule has 0 aromatic heterocycles. The number of anilines is 1. The molecule has 0 radical (unpaired) electrons. The summed E-state index contributed by atoms with van der Waals surface area (Å²) in [4.78, 5) is 14.9. The SMILES string of the molecule is Cc1ccc(NC(=O)NC[C@]2(N3CCOCC3)CCSC2)c(C)c1. The van der Waals surface area contributed by atoms with Crippen LogP contribution in [0.15, 0.2) is 18.2 Å². The van der Waals surface area contributed by atoms with E-state index in [4.69, 9.17) is 4.74 Å². The van der Waals surface area contributed by atoms with Gasteiger partial charge in [0.15, 0.2) is 0 Å². The molecule has 2 heterocycles. The highest BCUT2D eigenvalue weighted by Crippen LogP contribution is 2.33. The minimum absolute atomic E-state index is 0.0775. The molecule has 2 N–H and O–H groups in total. The van der Waals surface area contributed by atoms with Gasteiger partial charge in [-0.2, -0.15) is 11.8 Å². The van der Waals surface area contributed by atoms with Gasteiger partial charge < -0.3 is 15.4 Å². The lowest BCUT2D eigenvalue weighted by atomic mass is 9.95. The van der Waals surface area contributed by atoms with Crippen molar-refractivity contribution in [1.29, 1.82) is 0 Å². The van der Waals surface area contributed by atoms with Crippen LogP contribution in [0.2, 0.25) is 0 Å². The van der Waals surface area contributed by atoms with Crippen molar-refractivity contribution in [3.63, 3.8) is 0 Å². The van der Waals surface area contributed by atoms with Crippen LogP contribution in [0.25, 0.3) is 0 Å². The van der Waals surface area contributed by atoms with E-state index >= 15 is 0 Å². The summed E-state index contributed by atoms with van der Waals surface area (Å²) < 4.78 is 5.48. The van der Waals surface area contributed by atoms with Crippen molar-refractivity contribution in [1.82, 2.24) is 10.2 Å². The zero-order chi connectivity index (χ0) is 17.0. The summed E-state index contributed by atoms with van der Waals surface area (Å²) in [6.07, 6.45) is 1.13. The van der Waals surface area contributed by atoms with Gasteiger partial charge in [-0.15, -0.1) is 0 Å². The first-order valence-electron chi connectivity index (χ1n) is 8.62. The van der Waals surface area contributed by atoms with Crippen LogP contribution in [0.3, 0.4) is 0 Å². The number of thioether (sulfide) groups is 1. The Balaban J connectivity index is 1.59. The van der Waals surface area contributed by atoms with Crippen molar-refractivity contribution in [3.8, 4) is 0 Å². The highest BCUT2D eigenvalue weighted by atomic mass is 32.2. The van der Waals surface area contributed by atoms with Crippen LogP contribution in [0.5, 0.6) is 0 Å². The number of amides is 2. The Morgan fingerprint density at radius 2 is 2.12 bits per heavy atom. The lowest BCUT2D eigenvalue weighted by molar-refractivity contribution is -0.0123. The smallest absolute Gasteiger partial charge is 0.319 e. The molecule has 2 aliphatic rings. The van der Waals surface area contributed by atoms with Gasteiger partial charge in [-0.05, 0) is 37.7 Å². The Morgan fingerprint density at radius 1 is 1.33 bits per heavy atom. The predicted molar refractivity (Wildman–Crippen MR) is 100 cm³/mol. The predicted octanol–water partition coefficient (Wildman–Crippen LogP) is 2.63. The summed E-state index contributed by atoms with van der Waals surface area (Å²) >= 11 is 1.98. The minimum Gasteiger partial charge on any atom is -0.379 e. The van der Waals surface area contributed by atoms with Crippen LogP contribution < -0.4 is 10.6 Å². The van der Waals surface area contributed by atoms with E-state index in [0.29, 0.717) is 6.54 Å². The summed E-state index contributed by atoms with van der Waals surface area (Å²) in [6, 6.07) is 5.95. The zero-order valence-electron chi connectivity index (χ0n) is 14.6. The first-order valence-corrected chi connectivity index (χ1v) is 9.77. The van der Waals surface area contributed by atoms with Crippen molar-refractivity contribution in [2.75, 3.05) is 49.7 Å². The first kappa shape index (κ1) is 17.6. The van der Waals surface area contributed by atoms with Gasteiger partial charge in [-0.25, -0.2) is 4.79 Å². The first-order chi connectivity index (χ1) is 11.6. The van der Waals surface area contributed by atoms with Crippen molar-refractivity contribution >= 4 is 23.5 Å². The van der Waals surface area contributed by atoms with E-state index in [2.05, 4.69) is 28.5 Å². The molecule has 1 atom stereocenters. The second-order valence-electron chi connectivity index (χ2n) is 6.75.